The molecule has 0 aliphatic rings. The number of nitrogens with zero attached hydrogens (tertiary/aromatic N) is 5. The quantitative estimate of drug-likeness (QED) is 0.641. The fourth-order valence-electron chi connectivity index (χ4n) is 2.82. The van der Waals surface area contributed by atoms with Gasteiger partial charge in [0, 0.05) is 11.9 Å². The normalized spacial score (nSPS) is 11.7. The molecule has 7 heteroatoms. The Bertz CT molecular complexity index is 910. The van der Waals surface area contributed by atoms with E-state index in [4.69, 9.17) is 0 Å². The maximum absolute atomic E-state index is 12.9. The molecule has 6 nitrogen and oxygen atoms in total. The summed E-state index contributed by atoms with van der Waals surface area (Å²) in [5.41, 5.74) is 0.709. The number of amides is 1. The van der Waals surface area contributed by atoms with Gasteiger partial charge in [-0.05, 0) is 49.6 Å². The fraction of sp³-hybridized carbons (Fsp3) is 0.368. The van der Waals surface area contributed by atoms with Crippen molar-refractivity contribution >= 4 is 34.1 Å². The standard InChI is InChI=1S/C19H23N5OS/c1-5-23(16-12-8-10-14-9-6-7-11-15(14)16)17(25)13-26-18-20-21-22-24(18)19(2,3)4/h6-12H,5,13H2,1-4H3. The van der Waals surface area contributed by atoms with Crippen molar-refractivity contribution in [3.05, 3.63) is 42.5 Å². The van der Waals surface area contributed by atoms with E-state index in [1.54, 1.807) is 4.68 Å². The van der Waals surface area contributed by atoms with Gasteiger partial charge in [0.25, 0.3) is 0 Å². The van der Waals surface area contributed by atoms with E-state index in [9.17, 15) is 4.79 Å². The van der Waals surface area contributed by atoms with Gasteiger partial charge in [0.2, 0.25) is 11.1 Å². The molecule has 1 amide bonds. The molecule has 3 aromatic rings. The molecular weight excluding hydrogens is 346 g/mol. The summed E-state index contributed by atoms with van der Waals surface area (Å²) in [6.45, 7) is 8.69. The van der Waals surface area contributed by atoms with Crippen molar-refractivity contribution in [1.29, 1.82) is 0 Å². The van der Waals surface area contributed by atoms with Crippen molar-refractivity contribution in [3.63, 3.8) is 0 Å². The summed E-state index contributed by atoms with van der Waals surface area (Å²) >= 11 is 1.37. The van der Waals surface area contributed by atoms with E-state index >= 15 is 0 Å². The molecular formula is C19H23N5OS. The number of aromatic nitrogens is 4. The molecule has 0 N–H and O–H groups in total. The lowest BCUT2D eigenvalue weighted by Crippen LogP contribution is -2.32. The summed E-state index contributed by atoms with van der Waals surface area (Å²) in [6, 6.07) is 14.2. The van der Waals surface area contributed by atoms with Crippen LogP contribution < -0.4 is 4.90 Å². The number of carbonyl (C=O) groups excluding carboxylic acids is 1. The smallest absolute Gasteiger partial charge is 0.237 e. The summed E-state index contributed by atoms with van der Waals surface area (Å²) in [5, 5.41) is 14.7. The molecule has 0 spiro atoms. The van der Waals surface area contributed by atoms with Crippen molar-refractivity contribution in [2.24, 2.45) is 0 Å². The Kier molecular flexibility index (Phi) is 5.27. The molecule has 0 bridgehead atoms. The van der Waals surface area contributed by atoms with Crippen molar-refractivity contribution in [2.45, 2.75) is 38.4 Å². The Morgan fingerprint density at radius 3 is 2.62 bits per heavy atom. The molecule has 3 rings (SSSR count). The van der Waals surface area contributed by atoms with E-state index in [1.807, 2.05) is 62.9 Å². The third kappa shape index (κ3) is 3.72. The molecule has 2 aromatic carbocycles. The van der Waals surface area contributed by atoms with E-state index in [1.165, 1.54) is 11.8 Å². The van der Waals surface area contributed by atoms with Gasteiger partial charge in [0.05, 0.1) is 17.0 Å². The zero-order valence-electron chi connectivity index (χ0n) is 15.5. The second-order valence-electron chi connectivity index (χ2n) is 6.97. The van der Waals surface area contributed by atoms with Crippen molar-refractivity contribution in [3.8, 4) is 0 Å². The highest BCUT2D eigenvalue weighted by molar-refractivity contribution is 7.99. The number of fused-ring (bicyclic) bond motifs is 1. The van der Waals surface area contributed by atoms with E-state index in [2.05, 4.69) is 27.7 Å². The van der Waals surface area contributed by atoms with Gasteiger partial charge < -0.3 is 4.90 Å². The summed E-state index contributed by atoms with van der Waals surface area (Å²) < 4.78 is 1.75. The minimum absolute atomic E-state index is 0.0392. The van der Waals surface area contributed by atoms with Gasteiger partial charge in [-0.1, -0.05) is 48.2 Å². The van der Waals surface area contributed by atoms with Gasteiger partial charge in [-0.25, -0.2) is 4.68 Å². The number of rotatable bonds is 5. The number of thioether (sulfide) groups is 1. The van der Waals surface area contributed by atoms with Crippen LogP contribution in [0, 0.1) is 0 Å². The largest absolute Gasteiger partial charge is 0.311 e. The van der Waals surface area contributed by atoms with Gasteiger partial charge in [-0.15, -0.1) is 5.10 Å². The van der Waals surface area contributed by atoms with E-state index in [0.717, 1.165) is 16.5 Å². The molecule has 0 fully saturated rings. The zero-order valence-corrected chi connectivity index (χ0v) is 16.3. The molecule has 0 atom stereocenters. The maximum Gasteiger partial charge on any atom is 0.237 e. The zero-order chi connectivity index (χ0) is 18.7. The molecule has 26 heavy (non-hydrogen) atoms. The number of carbonyl (C=O) groups is 1. The number of anilines is 1. The molecule has 1 aromatic heterocycles. The Labute approximate surface area is 157 Å². The molecule has 136 valence electrons. The number of benzene rings is 2. The van der Waals surface area contributed by atoms with E-state index in [-0.39, 0.29) is 17.2 Å². The van der Waals surface area contributed by atoms with E-state index in [0.29, 0.717) is 11.7 Å². The second kappa shape index (κ2) is 7.45. The first kappa shape index (κ1) is 18.4. The monoisotopic (exact) mass is 369 g/mol. The minimum Gasteiger partial charge on any atom is -0.311 e. The fourth-order valence-corrected chi connectivity index (χ4v) is 3.75. The summed E-state index contributed by atoms with van der Waals surface area (Å²) in [6.07, 6.45) is 0. The van der Waals surface area contributed by atoms with Crippen LogP contribution in [0.1, 0.15) is 27.7 Å². The molecule has 0 aliphatic carbocycles. The van der Waals surface area contributed by atoms with Gasteiger partial charge in [-0.3, -0.25) is 4.79 Å². The summed E-state index contributed by atoms with van der Waals surface area (Å²) in [5.74, 6) is 0.324. The molecule has 0 unspecified atom stereocenters. The van der Waals surface area contributed by atoms with Crippen LogP contribution in [0.4, 0.5) is 5.69 Å². The second-order valence-corrected chi connectivity index (χ2v) is 7.91. The van der Waals surface area contributed by atoms with Crippen LogP contribution in [0.3, 0.4) is 0 Å². The van der Waals surface area contributed by atoms with Crippen molar-refractivity contribution < 1.29 is 4.79 Å². The van der Waals surface area contributed by atoms with Crippen molar-refractivity contribution in [2.75, 3.05) is 17.2 Å². The minimum atomic E-state index is -0.227. The lowest BCUT2D eigenvalue weighted by molar-refractivity contribution is -0.116. The predicted octanol–water partition coefficient (Wildman–Crippen LogP) is 3.73. The Morgan fingerprint density at radius 2 is 1.88 bits per heavy atom. The SMILES string of the molecule is CCN(C(=O)CSc1nnnn1C(C)(C)C)c1cccc2ccccc12. The molecule has 0 saturated carbocycles. The average Bonchev–Trinajstić information content (AvgIpc) is 3.10. The van der Waals surface area contributed by atoms with Crippen LogP contribution in [0.2, 0.25) is 0 Å². The highest BCUT2D eigenvalue weighted by Gasteiger charge is 2.22. The lowest BCUT2D eigenvalue weighted by atomic mass is 10.1. The Hall–Kier alpha value is -2.41. The lowest BCUT2D eigenvalue weighted by Gasteiger charge is -2.23. The molecule has 0 saturated heterocycles. The van der Waals surface area contributed by atoms with Gasteiger partial charge >= 0.3 is 0 Å². The maximum atomic E-state index is 12.9. The summed E-state index contributed by atoms with van der Waals surface area (Å²) in [7, 11) is 0. The Balaban J connectivity index is 1.81. The topological polar surface area (TPSA) is 63.9 Å². The molecule has 0 aliphatic heterocycles. The van der Waals surface area contributed by atoms with Crippen LogP contribution in [0.5, 0.6) is 0 Å². The first-order valence-electron chi connectivity index (χ1n) is 8.61. The van der Waals surface area contributed by atoms with Crippen molar-refractivity contribution in [1.82, 2.24) is 20.2 Å². The highest BCUT2D eigenvalue weighted by atomic mass is 32.2. The van der Waals surface area contributed by atoms with Gasteiger partial charge in [-0.2, -0.15) is 0 Å². The third-order valence-corrected chi connectivity index (χ3v) is 4.98. The first-order valence-corrected chi connectivity index (χ1v) is 9.60. The third-order valence-electron chi connectivity index (χ3n) is 4.08. The van der Waals surface area contributed by atoms with Crippen LogP contribution in [0.15, 0.2) is 47.6 Å². The Morgan fingerprint density at radius 1 is 1.15 bits per heavy atom. The highest BCUT2D eigenvalue weighted by Crippen LogP contribution is 2.28. The van der Waals surface area contributed by atoms with Crippen LogP contribution >= 0.6 is 11.8 Å². The van der Waals surface area contributed by atoms with Crippen LogP contribution in [-0.2, 0) is 10.3 Å². The van der Waals surface area contributed by atoms with Gasteiger partial charge in [0.15, 0.2) is 0 Å². The molecule has 0 radical (unpaired) electrons. The van der Waals surface area contributed by atoms with Gasteiger partial charge in [0.1, 0.15) is 0 Å². The van der Waals surface area contributed by atoms with Crippen LogP contribution in [0.25, 0.3) is 10.8 Å². The number of tetrazole rings is 1. The van der Waals surface area contributed by atoms with Crippen LogP contribution in [-0.4, -0.2) is 38.4 Å². The number of hydrogen-bond donors (Lipinski definition) is 0. The first-order chi connectivity index (χ1) is 12.4. The molecule has 1 heterocycles. The summed E-state index contributed by atoms with van der Waals surface area (Å²) in [4.78, 5) is 14.7. The average molecular weight is 369 g/mol. The predicted molar refractivity (Wildman–Crippen MR) is 106 cm³/mol. The van der Waals surface area contributed by atoms with E-state index < -0.39 is 0 Å². The number of hydrogen-bond acceptors (Lipinski definition) is 5.